The number of alkyl halides is 3. The first-order valence-corrected chi connectivity index (χ1v) is 12.2. The summed E-state index contributed by atoms with van der Waals surface area (Å²) < 4.78 is 45.4. The van der Waals surface area contributed by atoms with Gasteiger partial charge in [0.15, 0.2) is 0 Å². The van der Waals surface area contributed by atoms with Crippen LogP contribution in [0.4, 0.5) is 19.0 Å². The number of aromatic nitrogens is 1. The fraction of sp³-hybridized carbons (Fsp3) is 0.640. The number of likely N-dealkylation sites (tertiary alicyclic amines) is 1. The number of rotatable bonds is 7. The SMILES string of the molecule is CCC(C)N=C(CC(=N)c1cnc(N)c(C(F)(F)F)c1)C1=C2CC(N3CC4COCC4C3)CC21. The zero-order valence-electron chi connectivity index (χ0n) is 19.7. The van der Waals surface area contributed by atoms with Crippen molar-refractivity contribution in [2.75, 3.05) is 32.0 Å². The molecule has 0 spiro atoms. The van der Waals surface area contributed by atoms with Gasteiger partial charge in [-0.3, -0.25) is 9.89 Å². The molecular formula is C25H32F3N5O. The molecule has 6 nitrogen and oxygen atoms in total. The van der Waals surface area contributed by atoms with Crippen molar-refractivity contribution in [1.29, 1.82) is 5.41 Å². The molecule has 1 aromatic rings. The molecule has 0 radical (unpaired) electrons. The smallest absolute Gasteiger partial charge is 0.383 e. The second-order valence-corrected chi connectivity index (χ2v) is 10.2. The first kappa shape index (κ1) is 23.5. The maximum absolute atomic E-state index is 13.3. The van der Waals surface area contributed by atoms with Crippen LogP contribution in [-0.4, -0.2) is 59.7 Å². The molecule has 5 unspecified atom stereocenters. The lowest BCUT2D eigenvalue weighted by Crippen LogP contribution is -2.33. The zero-order valence-corrected chi connectivity index (χ0v) is 19.7. The van der Waals surface area contributed by atoms with E-state index in [9.17, 15) is 13.2 Å². The van der Waals surface area contributed by atoms with Crippen LogP contribution >= 0.6 is 0 Å². The summed E-state index contributed by atoms with van der Waals surface area (Å²) in [6.45, 7) is 8.10. The molecule has 5 atom stereocenters. The predicted octanol–water partition coefficient (Wildman–Crippen LogP) is 4.35. The molecular weight excluding hydrogens is 443 g/mol. The molecule has 2 saturated heterocycles. The van der Waals surface area contributed by atoms with Gasteiger partial charge in [-0.25, -0.2) is 4.98 Å². The number of fused-ring (bicyclic) bond motifs is 2. The molecule has 0 amide bonds. The Morgan fingerprint density at radius 2 is 2.03 bits per heavy atom. The topological polar surface area (TPSA) is 87.6 Å². The van der Waals surface area contributed by atoms with Crippen LogP contribution in [0.15, 0.2) is 28.4 Å². The first-order chi connectivity index (χ1) is 16.2. The average Bonchev–Trinajstić information content (AvgIpc) is 3.17. The molecule has 0 bridgehead atoms. The fourth-order valence-corrected chi connectivity index (χ4v) is 5.83. The average molecular weight is 476 g/mol. The molecule has 1 saturated carbocycles. The number of nitrogens with zero attached hydrogens (tertiary/aromatic N) is 3. The molecule has 2 aliphatic carbocycles. The number of ether oxygens (including phenoxy) is 1. The minimum Gasteiger partial charge on any atom is -0.383 e. The van der Waals surface area contributed by atoms with Crippen molar-refractivity contribution in [3.05, 3.63) is 34.5 Å². The summed E-state index contributed by atoms with van der Waals surface area (Å²) in [7, 11) is 0. The molecule has 5 rings (SSSR count). The van der Waals surface area contributed by atoms with Crippen molar-refractivity contribution in [3.8, 4) is 0 Å². The number of halogens is 3. The maximum Gasteiger partial charge on any atom is 0.419 e. The number of nitrogens with one attached hydrogen (secondary N) is 1. The van der Waals surface area contributed by atoms with E-state index in [0.29, 0.717) is 23.8 Å². The Bertz CT molecular complexity index is 1040. The van der Waals surface area contributed by atoms with Crippen molar-refractivity contribution in [2.45, 2.75) is 57.8 Å². The standard InChI is InChI=1S/C25H32F3N5O/c1-3-13(2)32-22(7-21(29)14-4-20(25(26,27)28)24(30)31-8-14)23-18-5-17(6-19(18)23)33-9-15-11-34-12-16(15)10-33/h4,8,13,15-18,29H,3,5-7,9-12H2,1-2H3,(H2,30,31). The van der Waals surface area contributed by atoms with E-state index in [4.69, 9.17) is 20.9 Å². The Hall–Kier alpha value is -2.26. The lowest BCUT2D eigenvalue weighted by molar-refractivity contribution is -0.137. The molecule has 184 valence electrons. The van der Waals surface area contributed by atoms with Crippen LogP contribution in [0.1, 0.15) is 50.7 Å². The molecule has 3 fully saturated rings. The number of hydrogen-bond acceptors (Lipinski definition) is 6. The number of aliphatic imine (C=N–C) groups is 1. The van der Waals surface area contributed by atoms with E-state index in [-0.39, 0.29) is 23.7 Å². The van der Waals surface area contributed by atoms with E-state index < -0.39 is 17.6 Å². The van der Waals surface area contributed by atoms with Crippen LogP contribution in [0.5, 0.6) is 0 Å². The zero-order chi connectivity index (χ0) is 24.2. The van der Waals surface area contributed by atoms with Gasteiger partial charge in [0.25, 0.3) is 0 Å². The quantitative estimate of drug-likeness (QED) is 0.574. The van der Waals surface area contributed by atoms with Crippen LogP contribution in [0.25, 0.3) is 0 Å². The van der Waals surface area contributed by atoms with Gasteiger partial charge in [0.2, 0.25) is 0 Å². The third-order valence-electron chi connectivity index (χ3n) is 7.97. The van der Waals surface area contributed by atoms with Crippen molar-refractivity contribution in [1.82, 2.24) is 9.88 Å². The monoisotopic (exact) mass is 475 g/mol. The van der Waals surface area contributed by atoms with Gasteiger partial charge in [-0.15, -0.1) is 0 Å². The van der Waals surface area contributed by atoms with Gasteiger partial charge >= 0.3 is 6.18 Å². The third-order valence-corrected chi connectivity index (χ3v) is 7.97. The molecule has 2 aliphatic heterocycles. The Balaban J connectivity index is 1.31. The summed E-state index contributed by atoms with van der Waals surface area (Å²) in [5.74, 6) is 1.18. The van der Waals surface area contributed by atoms with Gasteiger partial charge in [-0.05, 0) is 37.8 Å². The summed E-state index contributed by atoms with van der Waals surface area (Å²) in [5.41, 5.74) is 8.18. The number of anilines is 1. The number of hydrogen-bond donors (Lipinski definition) is 2. The summed E-state index contributed by atoms with van der Waals surface area (Å²) >= 11 is 0. The molecule has 4 aliphatic rings. The molecule has 0 aromatic carbocycles. The maximum atomic E-state index is 13.3. The van der Waals surface area contributed by atoms with Crippen molar-refractivity contribution in [3.63, 3.8) is 0 Å². The van der Waals surface area contributed by atoms with Crippen LogP contribution in [0, 0.1) is 23.2 Å². The molecule has 3 heterocycles. The van der Waals surface area contributed by atoms with Crippen molar-refractivity contribution >= 4 is 17.2 Å². The highest BCUT2D eigenvalue weighted by atomic mass is 19.4. The Morgan fingerprint density at radius 1 is 1.32 bits per heavy atom. The summed E-state index contributed by atoms with van der Waals surface area (Å²) in [4.78, 5) is 11.2. The molecule has 1 aromatic heterocycles. The minimum atomic E-state index is -4.60. The fourth-order valence-electron chi connectivity index (χ4n) is 5.83. The Morgan fingerprint density at radius 3 is 2.62 bits per heavy atom. The largest absolute Gasteiger partial charge is 0.419 e. The summed E-state index contributed by atoms with van der Waals surface area (Å²) in [6.07, 6.45) is -0.155. The van der Waals surface area contributed by atoms with Crippen LogP contribution in [-0.2, 0) is 10.9 Å². The Kier molecular flexibility index (Phi) is 6.04. The second-order valence-electron chi connectivity index (χ2n) is 10.2. The highest BCUT2D eigenvalue weighted by molar-refractivity contribution is 6.19. The number of nitrogen functional groups attached to an aromatic ring is 1. The second kappa shape index (κ2) is 8.75. The van der Waals surface area contributed by atoms with E-state index in [1.165, 1.54) is 17.3 Å². The van der Waals surface area contributed by atoms with Gasteiger partial charge in [-0.1, -0.05) is 12.5 Å². The lowest BCUT2D eigenvalue weighted by atomic mass is 9.99. The summed E-state index contributed by atoms with van der Waals surface area (Å²) in [6, 6.07) is 1.59. The third kappa shape index (κ3) is 4.40. The van der Waals surface area contributed by atoms with Crippen molar-refractivity contribution in [2.24, 2.45) is 22.7 Å². The molecule has 9 heteroatoms. The van der Waals surface area contributed by atoms with E-state index >= 15 is 0 Å². The Labute approximate surface area is 198 Å². The predicted molar refractivity (Wildman–Crippen MR) is 125 cm³/mol. The van der Waals surface area contributed by atoms with Crippen LogP contribution < -0.4 is 5.73 Å². The van der Waals surface area contributed by atoms with Gasteiger partial charge in [-0.2, -0.15) is 13.2 Å². The van der Waals surface area contributed by atoms with E-state index in [1.54, 1.807) is 0 Å². The normalized spacial score (nSPS) is 30.0. The van der Waals surface area contributed by atoms with E-state index in [1.807, 2.05) is 6.92 Å². The van der Waals surface area contributed by atoms with Crippen molar-refractivity contribution < 1.29 is 17.9 Å². The summed E-state index contributed by atoms with van der Waals surface area (Å²) in [5, 5.41) is 8.54. The highest BCUT2D eigenvalue weighted by Crippen LogP contribution is 2.55. The number of nitrogens with two attached hydrogens (primary N) is 1. The van der Waals surface area contributed by atoms with Crippen LogP contribution in [0.2, 0.25) is 0 Å². The van der Waals surface area contributed by atoms with Crippen LogP contribution in [0.3, 0.4) is 0 Å². The van der Waals surface area contributed by atoms with E-state index in [2.05, 4.69) is 16.8 Å². The molecule has 3 N–H and O–H groups in total. The van der Waals surface area contributed by atoms with Gasteiger partial charge < -0.3 is 15.9 Å². The molecule has 34 heavy (non-hydrogen) atoms. The first-order valence-electron chi connectivity index (χ1n) is 12.2. The van der Waals surface area contributed by atoms with Gasteiger partial charge in [0.05, 0.1) is 18.8 Å². The van der Waals surface area contributed by atoms with Gasteiger partial charge in [0.1, 0.15) is 5.82 Å². The minimum absolute atomic E-state index is 0.0852. The van der Waals surface area contributed by atoms with Gasteiger partial charge in [0, 0.05) is 72.5 Å². The van der Waals surface area contributed by atoms with E-state index in [0.717, 1.165) is 57.3 Å². The highest BCUT2D eigenvalue weighted by Gasteiger charge is 2.50. The lowest BCUT2D eigenvalue weighted by Gasteiger charge is -2.25. The number of allylic oxidation sites excluding steroid dienone is 1. The number of pyridine rings is 1.